The SMILES string of the molecule is COC(=O)c1ccc(C(C)NC(C)CS(C)=O)o1. The number of esters is 1. The zero-order valence-corrected chi connectivity index (χ0v) is 11.9. The fraction of sp³-hybridized carbons (Fsp3) is 0.583. The Kier molecular flexibility index (Phi) is 5.55. The standard InChI is InChI=1S/C12H19NO4S/c1-8(7-18(4)15)13-9(2)10-5-6-11(17-10)12(14)16-3/h5-6,8-9,13H,7H2,1-4H3. The highest BCUT2D eigenvalue weighted by Crippen LogP contribution is 2.17. The van der Waals surface area contributed by atoms with E-state index < -0.39 is 16.8 Å². The summed E-state index contributed by atoms with van der Waals surface area (Å²) in [5.74, 6) is 0.933. The lowest BCUT2D eigenvalue weighted by Crippen LogP contribution is -2.33. The van der Waals surface area contributed by atoms with Gasteiger partial charge in [-0.25, -0.2) is 4.79 Å². The van der Waals surface area contributed by atoms with Gasteiger partial charge in [0.2, 0.25) is 5.76 Å². The number of rotatable bonds is 6. The summed E-state index contributed by atoms with van der Waals surface area (Å²) >= 11 is 0. The highest BCUT2D eigenvalue weighted by Gasteiger charge is 2.17. The molecular weight excluding hydrogens is 254 g/mol. The van der Waals surface area contributed by atoms with E-state index >= 15 is 0 Å². The number of hydrogen-bond acceptors (Lipinski definition) is 5. The Labute approximate surface area is 109 Å². The Morgan fingerprint density at radius 1 is 1.50 bits per heavy atom. The second-order valence-corrected chi connectivity index (χ2v) is 5.70. The number of ether oxygens (including phenoxy) is 1. The van der Waals surface area contributed by atoms with Gasteiger partial charge in [0.1, 0.15) is 5.76 Å². The molecule has 5 nitrogen and oxygen atoms in total. The maximum absolute atomic E-state index is 11.2. The second kappa shape index (κ2) is 6.70. The third-order valence-electron chi connectivity index (χ3n) is 2.46. The maximum Gasteiger partial charge on any atom is 0.373 e. The van der Waals surface area contributed by atoms with Crippen molar-refractivity contribution in [3.8, 4) is 0 Å². The van der Waals surface area contributed by atoms with E-state index in [0.717, 1.165) is 0 Å². The van der Waals surface area contributed by atoms with Crippen LogP contribution in [0.15, 0.2) is 16.5 Å². The number of carbonyl (C=O) groups is 1. The van der Waals surface area contributed by atoms with Crippen LogP contribution in [0.3, 0.4) is 0 Å². The van der Waals surface area contributed by atoms with Crippen LogP contribution in [0.25, 0.3) is 0 Å². The van der Waals surface area contributed by atoms with E-state index in [1.807, 2.05) is 13.8 Å². The summed E-state index contributed by atoms with van der Waals surface area (Å²) in [4.78, 5) is 11.2. The first-order valence-corrected chi connectivity index (χ1v) is 7.41. The second-order valence-electron chi connectivity index (χ2n) is 4.22. The van der Waals surface area contributed by atoms with E-state index in [-0.39, 0.29) is 17.8 Å². The third kappa shape index (κ3) is 4.27. The number of nitrogens with one attached hydrogen (secondary N) is 1. The van der Waals surface area contributed by atoms with Crippen LogP contribution in [0.2, 0.25) is 0 Å². The number of furan rings is 1. The molecule has 102 valence electrons. The molecule has 1 rings (SSSR count). The first-order valence-electron chi connectivity index (χ1n) is 5.68. The Morgan fingerprint density at radius 3 is 2.72 bits per heavy atom. The molecule has 0 saturated heterocycles. The van der Waals surface area contributed by atoms with Gasteiger partial charge in [-0.3, -0.25) is 4.21 Å². The lowest BCUT2D eigenvalue weighted by Gasteiger charge is -2.17. The first kappa shape index (κ1) is 14.9. The highest BCUT2D eigenvalue weighted by atomic mass is 32.2. The summed E-state index contributed by atoms with van der Waals surface area (Å²) in [6, 6.07) is 3.38. The fourth-order valence-corrected chi connectivity index (χ4v) is 2.51. The molecule has 3 unspecified atom stereocenters. The fourth-order valence-electron chi connectivity index (χ4n) is 1.70. The van der Waals surface area contributed by atoms with E-state index in [4.69, 9.17) is 4.42 Å². The minimum Gasteiger partial charge on any atom is -0.463 e. The minimum atomic E-state index is -0.839. The Morgan fingerprint density at radius 2 is 2.17 bits per heavy atom. The molecule has 3 atom stereocenters. The Hall–Kier alpha value is -1.14. The van der Waals surface area contributed by atoms with Crippen LogP contribution in [-0.2, 0) is 15.5 Å². The predicted octanol–water partition coefficient (Wildman–Crippen LogP) is 1.48. The summed E-state index contributed by atoms with van der Waals surface area (Å²) in [5.41, 5.74) is 0. The zero-order chi connectivity index (χ0) is 13.7. The Bertz CT molecular complexity index is 429. The summed E-state index contributed by atoms with van der Waals surface area (Å²) in [6.07, 6.45) is 1.67. The molecule has 6 heteroatoms. The van der Waals surface area contributed by atoms with Crippen LogP contribution in [0, 0.1) is 0 Å². The molecule has 0 amide bonds. The van der Waals surface area contributed by atoms with E-state index in [9.17, 15) is 9.00 Å². The summed E-state index contributed by atoms with van der Waals surface area (Å²) in [5, 5.41) is 3.26. The summed E-state index contributed by atoms with van der Waals surface area (Å²) in [6.45, 7) is 3.89. The van der Waals surface area contributed by atoms with Crippen molar-refractivity contribution in [2.75, 3.05) is 19.1 Å². The quantitative estimate of drug-likeness (QED) is 0.795. The molecule has 1 heterocycles. The molecule has 0 aliphatic heterocycles. The predicted molar refractivity (Wildman–Crippen MR) is 70.0 cm³/mol. The largest absolute Gasteiger partial charge is 0.463 e. The van der Waals surface area contributed by atoms with Crippen molar-refractivity contribution in [1.29, 1.82) is 0 Å². The average Bonchev–Trinajstić information content (AvgIpc) is 2.75. The maximum atomic E-state index is 11.2. The van der Waals surface area contributed by atoms with Crippen molar-refractivity contribution >= 4 is 16.8 Å². The van der Waals surface area contributed by atoms with Gasteiger partial charge in [-0.15, -0.1) is 0 Å². The molecule has 0 aliphatic rings. The smallest absolute Gasteiger partial charge is 0.373 e. The van der Waals surface area contributed by atoms with Gasteiger partial charge in [-0.2, -0.15) is 0 Å². The van der Waals surface area contributed by atoms with Crippen LogP contribution in [0.5, 0.6) is 0 Å². The average molecular weight is 273 g/mol. The number of methoxy groups -OCH3 is 1. The molecule has 0 spiro atoms. The van der Waals surface area contributed by atoms with Gasteiger partial charge in [-0.05, 0) is 26.0 Å². The zero-order valence-electron chi connectivity index (χ0n) is 11.1. The van der Waals surface area contributed by atoms with Crippen LogP contribution >= 0.6 is 0 Å². The molecule has 0 saturated carbocycles. The van der Waals surface area contributed by atoms with E-state index in [1.54, 1.807) is 18.4 Å². The molecule has 0 bridgehead atoms. The van der Waals surface area contributed by atoms with Gasteiger partial charge < -0.3 is 14.5 Å². The lowest BCUT2D eigenvalue weighted by atomic mass is 10.2. The van der Waals surface area contributed by atoms with Crippen LogP contribution < -0.4 is 5.32 Å². The van der Waals surface area contributed by atoms with Crippen LogP contribution in [-0.4, -0.2) is 35.3 Å². The van der Waals surface area contributed by atoms with Gasteiger partial charge in [0.25, 0.3) is 0 Å². The van der Waals surface area contributed by atoms with Crippen molar-refractivity contribution in [2.24, 2.45) is 0 Å². The molecule has 1 N–H and O–H groups in total. The van der Waals surface area contributed by atoms with Gasteiger partial charge in [0.05, 0.1) is 13.2 Å². The minimum absolute atomic E-state index is 0.0537. The first-order chi connectivity index (χ1) is 8.43. The molecule has 0 fully saturated rings. The third-order valence-corrected chi connectivity index (χ3v) is 3.43. The molecule has 0 aromatic carbocycles. The lowest BCUT2D eigenvalue weighted by molar-refractivity contribution is 0.0562. The topological polar surface area (TPSA) is 68.5 Å². The van der Waals surface area contributed by atoms with Crippen LogP contribution in [0.4, 0.5) is 0 Å². The normalized spacial score (nSPS) is 16.0. The number of hydrogen-bond donors (Lipinski definition) is 1. The van der Waals surface area contributed by atoms with Crippen molar-refractivity contribution in [3.05, 3.63) is 23.7 Å². The molecule has 1 aromatic rings. The molecule has 0 radical (unpaired) electrons. The van der Waals surface area contributed by atoms with Gasteiger partial charge >= 0.3 is 5.97 Å². The van der Waals surface area contributed by atoms with Gasteiger partial charge in [-0.1, -0.05) is 0 Å². The summed E-state index contributed by atoms with van der Waals surface area (Å²) < 4.78 is 21.1. The van der Waals surface area contributed by atoms with E-state index in [1.165, 1.54) is 7.11 Å². The molecule has 0 aliphatic carbocycles. The Balaban J connectivity index is 2.61. The van der Waals surface area contributed by atoms with Gasteiger partial charge in [0, 0.05) is 28.9 Å². The van der Waals surface area contributed by atoms with Crippen molar-refractivity contribution in [1.82, 2.24) is 5.32 Å². The molecular formula is C12H19NO4S. The molecule has 18 heavy (non-hydrogen) atoms. The van der Waals surface area contributed by atoms with Crippen molar-refractivity contribution in [3.63, 3.8) is 0 Å². The summed E-state index contributed by atoms with van der Waals surface area (Å²) in [7, 11) is 0.471. The van der Waals surface area contributed by atoms with Crippen molar-refractivity contribution in [2.45, 2.75) is 25.9 Å². The van der Waals surface area contributed by atoms with Gasteiger partial charge in [0.15, 0.2) is 0 Å². The molecule has 1 aromatic heterocycles. The van der Waals surface area contributed by atoms with E-state index in [2.05, 4.69) is 10.1 Å². The monoisotopic (exact) mass is 273 g/mol. The van der Waals surface area contributed by atoms with E-state index in [0.29, 0.717) is 11.5 Å². The highest BCUT2D eigenvalue weighted by molar-refractivity contribution is 7.84. The number of carbonyl (C=O) groups excluding carboxylic acids is 1. The van der Waals surface area contributed by atoms with Crippen molar-refractivity contribution < 1.29 is 18.2 Å². The van der Waals surface area contributed by atoms with Crippen LogP contribution in [0.1, 0.15) is 36.2 Å².